The minimum Gasteiger partial charge on any atom is -0.494 e. The number of benzene rings is 2. The van der Waals surface area contributed by atoms with Gasteiger partial charge in [0.25, 0.3) is 5.91 Å². The topological polar surface area (TPSA) is 93.4 Å². The van der Waals surface area contributed by atoms with Crippen molar-refractivity contribution >= 4 is 45.2 Å². The summed E-state index contributed by atoms with van der Waals surface area (Å²) in [6.45, 7) is 6.51. The number of aromatic nitrogens is 4. The molecule has 0 bridgehead atoms. The third-order valence-corrected chi connectivity index (χ3v) is 5.85. The third kappa shape index (κ3) is 4.76. The Bertz CT molecular complexity index is 1280. The van der Waals surface area contributed by atoms with E-state index in [1.807, 2.05) is 39.0 Å². The quantitative estimate of drug-likeness (QED) is 0.407. The van der Waals surface area contributed by atoms with E-state index in [2.05, 4.69) is 25.9 Å². The van der Waals surface area contributed by atoms with E-state index in [1.54, 1.807) is 28.8 Å². The summed E-state index contributed by atoms with van der Waals surface area (Å²) < 4.78 is 7.27. The minimum atomic E-state index is -0.289. The van der Waals surface area contributed by atoms with Crippen molar-refractivity contribution in [2.24, 2.45) is 0 Å². The van der Waals surface area contributed by atoms with Gasteiger partial charge < -0.3 is 10.1 Å². The van der Waals surface area contributed by atoms with Crippen LogP contribution in [-0.4, -0.2) is 37.4 Å². The fourth-order valence-electron chi connectivity index (χ4n) is 2.97. The Hall–Kier alpha value is -3.37. The number of carbonyl (C=O) groups is 1. The number of ether oxygens (including phenoxy) is 1. The number of nitrogens with one attached hydrogen (secondary N) is 2. The Morgan fingerprint density at radius 3 is 2.66 bits per heavy atom. The number of nitrogens with zero attached hydrogens (tertiary/aromatic N) is 4. The molecular formula is C22H22N6O2S2. The van der Waals surface area contributed by atoms with Crippen molar-refractivity contribution in [2.45, 2.75) is 27.2 Å². The van der Waals surface area contributed by atoms with Crippen molar-refractivity contribution in [3.8, 4) is 16.3 Å². The van der Waals surface area contributed by atoms with Gasteiger partial charge in [-0.1, -0.05) is 30.4 Å². The van der Waals surface area contributed by atoms with E-state index in [0.29, 0.717) is 12.2 Å². The van der Waals surface area contributed by atoms with Crippen molar-refractivity contribution in [3.05, 3.63) is 59.4 Å². The molecule has 2 heterocycles. The van der Waals surface area contributed by atoms with Crippen LogP contribution in [0.3, 0.4) is 0 Å². The van der Waals surface area contributed by atoms with E-state index in [1.165, 1.54) is 11.3 Å². The SMILES string of the molecule is CCCOc1ccc(C(=O)NC(=S)Nc2cc(-c3nn4c(C)nnc4s3)ccc2C)cc1. The second kappa shape index (κ2) is 9.41. The first-order valence-electron chi connectivity index (χ1n) is 10.1. The first kappa shape index (κ1) is 21.8. The van der Waals surface area contributed by atoms with Crippen LogP contribution >= 0.6 is 23.6 Å². The zero-order chi connectivity index (χ0) is 22.7. The molecule has 1 amide bonds. The van der Waals surface area contributed by atoms with Gasteiger partial charge in [0.1, 0.15) is 10.8 Å². The van der Waals surface area contributed by atoms with Crippen LogP contribution in [0, 0.1) is 13.8 Å². The minimum absolute atomic E-state index is 0.218. The molecule has 0 unspecified atom stereocenters. The second-order valence-corrected chi connectivity index (χ2v) is 8.52. The van der Waals surface area contributed by atoms with Crippen LogP contribution in [0.15, 0.2) is 42.5 Å². The van der Waals surface area contributed by atoms with E-state index in [-0.39, 0.29) is 11.0 Å². The molecule has 0 radical (unpaired) electrons. The van der Waals surface area contributed by atoms with Gasteiger partial charge in [-0.05, 0) is 68.4 Å². The predicted octanol–water partition coefficient (Wildman–Crippen LogP) is 4.39. The lowest BCUT2D eigenvalue weighted by atomic mass is 10.1. The fraction of sp³-hybridized carbons (Fsp3) is 0.227. The van der Waals surface area contributed by atoms with Crippen molar-refractivity contribution in [2.75, 3.05) is 11.9 Å². The standard InChI is InChI=1S/C22H22N6O2S2/c1-4-11-30-17-9-7-15(8-10-17)19(29)24-21(31)23-18-12-16(6-5-13(18)2)20-27-28-14(3)25-26-22(28)32-20/h5-10,12H,4,11H2,1-3H3,(H2,23,24,29,31). The van der Waals surface area contributed by atoms with Gasteiger partial charge in [0.2, 0.25) is 4.96 Å². The predicted molar refractivity (Wildman–Crippen MR) is 129 cm³/mol. The fourth-order valence-corrected chi connectivity index (χ4v) is 4.06. The number of anilines is 1. The average Bonchev–Trinajstić information content (AvgIpc) is 3.36. The van der Waals surface area contributed by atoms with Crippen molar-refractivity contribution in [1.82, 2.24) is 25.1 Å². The Morgan fingerprint density at radius 1 is 1.16 bits per heavy atom. The Labute approximate surface area is 194 Å². The molecule has 2 aromatic heterocycles. The molecule has 0 saturated heterocycles. The van der Waals surface area contributed by atoms with Crippen LogP contribution in [0.5, 0.6) is 5.75 Å². The van der Waals surface area contributed by atoms with E-state index in [9.17, 15) is 4.79 Å². The normalized spacial score (nSPS) is 10.8. The van der Waals surface area contributed by atoms with Gasteiger partial charge in [-0.2, -0.15) is 9.61 Å². The van der Waals surface area contributed by atoms with E-state index < -0.39 is 0 Å². The van der Waals surface area contributed by atoms with Gasteiger partial charge in [-0.15, -0.1) is 10.2 Å². The van der Waals surface area contributed by atoms with Gasteiger partial charge >= 0.3 is 0 Å². The highest BCUT2D eigenvalue weighted by atomic mass is 32.1. The number of hydrogen-bond donors (Lipinski definition) is 2. The molecule has 10 heteroatoms. The maximum Gasteiger partial charge on any atom is 0.257 e. The number of amides is 1. The van der Waals surface area contributed by atoms with Crippen molar-refractivity contribution in [3.63, 3.8) is 0 Å². The summed E-state index contributed by atoms with van der Waals surface area (Å²) in [6.07, 6.45) is 0.926. The number of hydrogen-bond acceptors (Lipinski definition) is 7. The van der Waals surface area contributed by atoms with E-state index in [0.717, 1.165) is 44.8 Å². The van der Waals surface area contributed by atoms with Crippen molar-refractivity contribution < 1.29 is 9.53 Å². The van der Waals surface area contributed by atoms with Crippen LogP contribution in [0.2, 0.25) is 0 Å². The largest absolute Gasteiger partial charge is 0.494 e. The average molecular weight is 467 g/mol. The van der Waals surface area contributed by atoms with E-state index >= 15 is 0 Å². The molecule has 0 aliphatic heterocycles. The van der Waals surface area contributed by atoms with Crippen LogP contribution in [0.4, 0.5) is 5.69 Å². The Balaban J connectivity index is 1.44. The van der Waals surface area contributed by atoms with Gasteiger partial charge in [0, 0.05) is 16.8 Å². The molecule has 0 saturated carbocycles. The molecule has 4 aromatic rings. The zero-order valence-corrected chi connectivity index (χ0v) is 19.5. The molecule has 2 aromatic carbocycles. The summed E-state index contributed by atoms with van der Waals surface area (Å²) in [6, 6.07) is 12.9. The zero-order valence-electron chi connectivity index (χ0n) is 17.9. The lowest BCUT2D eigenvalue weighted by Gasteiger charge is -2.13. The molecule has 0 spiro atoms. The summed E-state index contributed by atoms with van der Waals surface area (Å²) in [5, 5.41) is 19.6. The highest BCUT2D eigenvalue weighted by Crippen LogP contribution is 2.29. The summed E-state index contributed by atoms with van der Waals surface area (Å²) in [5.41, 5.74) is 3.20. The third-order valence-electron chi connectivity index (χ3n) is 4.70. The number of carbonyl (C=O) groups excluding carboxylic acids is 1. The van der Waals surface area contributed by atoms with Gasteiger partial charge in [-0.25, -0.2) is 0 Å². The smallest absolute Gasteiger partial charge is 0.257 e. The number of thiocarbonyl (C=S) groups is 1. The maximum atomic E-state index is 12.5. The summed E-state index contributed by atoms with van der Waals surface area (Å²) in [4.78, 5) is 13.3. The van der Waals surface area contributed by atoms with Gasteiger partial charge in [0.05, 0.1) is 6.61 Å². The summed E-state index contributed by atoms with van der Waals surface area (Å²) >= 11 is 6.82. The highest BCUT2D eigenvalue weighted by Gasteiger charge is 2.13. The first-order valence-corrected chi connectivity index (χ1v) is 11.3. The summed E-state index contributed by atoms with van der Waals surface area (Å²) in [5.74, 6) is 1.18. The van der Waals surface area contributed by atoms with E-state index in [4.69, 9.17) is 17.0 Å². The molecule has 8 nitrogen and oxygen atoms in total. The first-order chi connectivity index (χ1) is 15.4. The van der Waals surface area contributed by atoms with Crippen molar-refractivity contribution in [1.29, 1.82) is 0 Å². The molecule has 0 aliphatic rings. The van der Waals surface area contributed by atoms with Gasteiger partial charge in [0.15, 0.2) is 10.9 Å². The molecule has 0 atom stereocenters. The van der Waals surface area contributed by atoms with Crippen LogP contribution in [0.25, 0.3) is 15.5 Å². The number of fused-ring (bicyclic) bond motifs is 1. The monoisotopic (exact) mass is 466 g/mol. The molecule has 2 N–H and O–H groups in total. The van der Waals surface area contributed by atoms with Crippen LogP contribution in [-0.2, 0) is 0 Å². The number of rotatable bonds is 6. The number of aryl methyl sites for hydroxylation is 2. The Morgan fingerprint density at radius 2 is 1.94 bits per heavy atom. The van der Waals surface area contributed by atoms with Gasteiger partial charge in [-0.3, -0.25) is 10.1 Å². The lowest BCUT2D eigenvalue weighted by Crippen LogP contribution is -2.34. The highest BCUT2D eigenvalue weighted by molar-refractivity contribution is 7.80. The second-order valence-electron chi connectivity index (χ2n) is 7.16. The van der Waals surface area contributed by atoms with Crippen LogP contribution < -0.4 is 15.4 Å². The molecular weight excluding hydrogens is 444 g/mol. The van der Waals surface area contributed by atoms with Crippen LogP contribution in [0.1, 0.15) is 35.1 Å². The molecule has 4 rings (SSSR count). The molecule has 32 heavy (non-hydrogen) atoms. The lowest BCUT2D eigenvalue weighted by molar-refractivity contribution is 0.0977. The molecule has 164 valence electrons. The summed E-state index contributed by atoms with van der Waals surface area (Å²) in [7, 11) is 0. The maximum absolute atomic E-state index is 12.5. The molecule has 0 aliphatic carbocycles. The Kier molecular flexibility index (Phi) is 6.42. The molecule has 0 fully saturated rings.